The number of benzene rings is 1. The van der Waals surface area contributed by atoms with E-state index in [1.807, 2.05) is 0 Å². The first-order valence-electron chi connectivity index (χ1n) is 6.66. The number of rotatable bonds is 4. The van der Waals surface area contributed by atoms with E-state index >= 15 is 0 Å². The molecule has 1 N–H and O–H groups in total. The summed E-state index contributed by atoms with van der Waals surface area (Å²) in [5.41, 5.74) is 0.450. The zero-order valence-electron chi connectivity index (χ0n) is 11.5. The summed E-state index contributed by atoms with van der Waals surface area (Å²) in [5.74, 6) is 0.665. The van der Waals surface area contributed by atoms with Crippen LogP contribution in [0.2, 0.25) is 0 Å². The van der Waals surface area contributed by atoms with E-state index in [4.69, 9.17) is 13.9 Å². The van der Waals surface area contributed by atoms with Crippen molar-refractivity contribution in [2.45, 2.75) is 18.9 Å². The van der Waals surface area contributed by atoms with Crippen molar-refractivity contribution >= 4 is 11.9 Å². The van der Waals surface area contributed by atoms with Crippen molar-refractivity contribution in [1.29, 1.82) is 0 Å². The van der Waals surface area contributed by atoms with Gasteiger partial charge in [-0.15, -0.1) is 5.10 Å². The molecule has 0 saturated carbocycles. The predicted octanol–water partition coefficient (Wildman–Crippen LogP) is 2.18. The second-order valence-corrected chi connectivity index (χ2v) is 4.63. The Bertz CT molecular complexity index is 635. The number of carbonyl (C=O) groups is 1. The minimum atomic E-state index is -0.337. The lowest BCUT2D eigenvalue weighted by molar-refractivity contribution is 0.0893. The number of nitrogens with zero attached hydrogens (tertiary/aromatic N) is 2. The van der Waals surface area contributed by atoms with Crippen molar-refractivity contribution in [2.24, 2.45) is 0 Å². The second-order valence-electron chi connectivity index (χ2n) is 4.63. The molecule has 110 valence electrons. The van der Waals surface area contributed by atoms with Crippen molar-refractivity contribution in [3.63, 3.8) is 0 Å². The maximum absolute atomic E-state index is 12.1. The Morgan fingerprint density at radius 1 is 1.43 bits per heavy atom. The fourth-order valence-electron chi connectivity index (χ4n) is 2.12. The van der Waals surface area contributed by atoms with E-state index in [1.54, 1.807) is 31.4 Å². The van der Waals surface area contributed by atoms with E-state index in [2.05, 4.69) is 15.5 Å². The summed E-state index contributed by atoms with van der Waals surface area (Å²) in [6.45, 7) is 0.693. The van der Waals surface area contributed by atoms with Crippen molar-refractivity contribution in [1.82, 2.24) is 10.2 Å². The van der Waals surface area contributed by atoms with Crippen LogP contribution in [0.1, 0.15) is 35.2 Å². The van der Waals surface area contributed by atoms with E-state index in [1.165, 1.54) is 0 Å². The van der Waals surface area contributed by atoms with Crippen LogP contribution in [0.15, 0.2) is 28.7 Å². The lowest BCUT2D eigenvalue weighted by Crippen LogP contribution is -2.12. The lowest BCUT2D eigenvalue weighted by Gasteiger charge is -2.04. The topological polar surface area (TPSA) is 86.5 Å². The predicted molar refractivity (Wildman–Crippen MR) is 73.2 cm³/mol. The zero-order chi connectivity index (χ0) is 14.7. The standard InChI is InChI=1S/C14H15N3O4/c1-19-10-5-2-4-9(8-10)12(18)15-14-17-16-13(21-14)11-6-3-7-20-11/h2,4-5,8,11H,3,6-7H2,1H3,(H,15,17,18). The molecule has 0 spiro atoms. The highest BCUT2D eigenvalue weighted by molar-refractivity contribution is 6.03. The monoisotopic (exact) mass is 289 g/mol. The Kier molecular flexibility index (Phi) is 3.83. The van der Waals surface area contributed by atoms with Gasteiger partial charge in [-0.3, -0.25) is 10.1 Å². The summed E-state index contributed by atoms with van der Waals surface area (Å²) in [4.78, 5) is 12.1. The van der Waals surface area contributed by atoms with E-state index in [-0.39, 0.29) is 18.0 Å². The molecule has 21 heavy (non-hydrogen) atoms. The number of carbonyl (C=O) groups excluding carboxylic acids is 1. The number of hydrogen-bond donors (Lipinski definition) is 1. The van der Waals surface area contributed by atoms with Gasteiger partial charge in [0, 0.05) is 12.2 Å². The molecule has 3 rings (SSSR count). The van der Waals surface area contributed by atoms with E-state index < -0.39 is 0 Å². The van der Waals surface area contributed by atoms with Gasteiger partial charge in [-0.2, -0.15) is 0 Å². The minimum absolute atomic E-state index is 0.0633. The molecule has 1 aromatic heterocycles. The molecule has 2 aromatic rings. The summed E-state index contributed by atoms with van der Waals surface area (Å²) < 4.78 is 15.9. The molecule has 0 bridgehead atoms. The molecule has 7 nitrogen and oxygen atoms in total. The van der Waals surface area contributed by atoms with Gasteiger partial charge in [0.2, 0.25) is 5.89 Å². The molecule has 7 heteroatoms. The van der Waals surface area contributed by atoms with Gasteiger partial charge in [0.15, 0.2) is 0 Å². The van der Waals surface area contributed by atoms with Crippen molar-refractivity contribution in [3.05, 3.63) is 35.7 Å². The van der Waals surface area contributed by atoms with Crippen LogP contribution >= 0.6 is 0 Å². The highest BCUT2D eigenvalue weighted by Gasteiger charge is 2.24. The number of ether oxygens (including phenoxy) is 2. The summed E-state index contributed by atoms with van der Waals surface area (Å²) in [6, 6.07) is 6.87. The molecule has 1 atom stereocenters. The molecule has 2 heterocycles. The third kappa shape index (κ3) is 3.03. The van der Waals surface area contributed by atoms with Gasteiger partial charge in [0.1, 0.15) is 11.9 Å². The second kappa shape index (κ2) is 5.92. The summed E-state index contributed by atoms with van der Waals surface area (Å²) in [6.07, 6.45) is 1.66. The first kappa shape index (κ1) is 13.6. The zero-order valence-corrected chi connectivity index (χ0v) is 11.5. The Morgan fingerprint density at radius 3 is 3.10 bits per heavy atom. The normalized spacial score (nSPS) is 17.7. The highest BCUT2D eigenvalue weighted by atomic mass is 16.5. The Morgan fingerprint density at radius 2 is 2.33 bits per heavy atom. The molecule has 1 aliphatic rings. The molecular weight excluding hydrogens is 274 g/mol. The fraction of sp³-hybridized carbons (Fsp3) is 0.357. The Labute approximate surface area is 121 Å². The Hall–Kier alpha value is -2.41. The summed E-state index contributed by atoms with van der Waals surface area (Å²) in [5, 5.41) is 10.3. The molecule has 0 radical (unpaired) electrons. The lowest BCUT2D eigenvalue weighted by atomic mass is 10.2. The van der Waals surface area contributed by atoms with Crippen LogP contribution < -0.4 is 10.1 Å². The number of amides is 1. The third-order valence-corrected chi connectivity index (χ3v) is 3.20. The van der Waals surface area contributed by atoms with Crippen molar-refractivity contribution in [2.75, 3.05) is 19.0 Å². The first-order valence-corrected chi connectivity index (χ1v) is 6.66. The van der Waals surface area contributed by atoms with Crippen LogP contribution in [0.25, 0.3) is 0 Å². The van der Waals surface area contributed by atoms with Crippen LogP contribution in [0.3, 0.4) is 0 Å². The molecule has 1 aliphatic heterocycles. The summed E-state index contributed by atoms with van der Waals surface area (Å²) >= 11 is 0. The number of methoxy groups -OCH3 is 1. The first-order chi connectivity index (χ1) is 10.3. The van der Waals surface area contributed by atoms with Gasteiger partial charge in [-0.25, -0.2) is 0 Å². The van der Waals surface area contributed by atoms with Gasteiger partial charge < -0.3 is 13.9 Å². The molecule has 1 amide bonds. The quantitative estimate of drug-likeness (QED) is 0.928. The molecule has 1 saturated heterocycles. The maximum Gasteiger partial charge on any atom is 0.322 e. The van der Waals surface area contributed by atoms with Gasteiger partial charge in [0.05, 0.1) is 7.11 Å². The van der Waals surface area contributed by atoms with Crippen LogP contribution in [-0.2, 0) is 4.74 Å². The average molecular weight is 289 g/mol. The third-order valence-electron chi connectivity index (χ3n) is 3.20. The van der Waals surface area contributed by atoms with E-state index in [0.717, 1.165) is 12.8 Å². The number of nitrogens with one attached hydrogen (secondary N) is 1. The van der Waals surface area contributed by atoms with Crippen molar-refractivity contribution < 1.29 is 18.7 Å². The van der Waals surface area contributed by atoms with Gasteiger partial charge >= 0.3 is 6.01 Å². The molecular formula is C14H15N3O4. The van der Waals surface area contributed by atoms with Gasteiger partial charge in [-0.1, -0.05) is 11.2 Å². The number of aromatic nitrogens is 2. The van der Waals surface area contributed by atoms with Crippen LogP contribution in [0.4, 0.5) is 6.01 Å². The maximum atomic E-state index is 12.1. The average Bonchev–Trinajstić information content (AvgIpc) is 3.18. The van der Waals surface area contributed by atoms with Gasteiger partial charge in [-0.05, 0) is 31.0 Å². The number of anilines is 1. The Balaban J connectivity index is 1.69. The highest BCUT2D eigenvalue weighted by Crippen LogP contribution is 2.28. The van der Waals surface area contributed by atoms with Gasteiger partial charge in [0.25, 0.3) is 5.91 Å². The van der Waals surface area contributed by atoms with E-state index in [0.29, 0.717) is 23.8 Å². The summed E-state index contributed by atoms with van der Waals surface area (Å²) in [7, 11) is 1.54. The fourth-order valence-corrected chi connectivity index (χ4v) is 2.12. The smallest absolute Gasteiger partial charge is 0.322 e. The molecule has 1 unspecified atom stereocenters. The SMILES string of the molecule is COc1cccc(C(=O)Nc2nnc(C3CCCO3)o2)c1. The minimum Gasteiger partial charge on any atom is -0.497 e. The van der Waals surface area contributed by atoms with Crippen LogP contribution in [0.5, 0.6) is 5.75 Å². The molecule has 1 aromatic carbocycles. The molecule has 0 aliphatic carbocycles. The number of hydrogen-bond acceptors (Lipinski definition) is 6. The van der Waals surface area contributed by atoms with Crippen LogP contribution in [0, 0.1) is 0 Å². The largest absolute Gasteiger partial charge is 0.497 e. The van der Waals surface area contributed by atoms with Crippen molar-refractivity contribution in [3.8, 4) is 5.75 Å². The molecule has 1 fully saturated rings. The van der Waals surface area contributed by atoms with Crippen LogP contribution in [-0.4, -0.2) is 29.8 Å². The van der Waals surface area contributed by atoms with E-state index in [9.17, 15) is 4.79 Å².